The van der Waals surface area contributed by atoms with E-state index in [0.717, 1.165) is 11.8 Å². The molecular formula is C66H110N18O26S3. The van der Waals surface area contributed by atoms with Gasteiger partial charge >= 0.3 is 5.97 Å². The Morgan fingerprint density at radius 1 is 0.460 bits per heavy atom. The summed E-state index contributed by atoms with van der Waals surface area (Å²) in [5.74, 6) is -9.92. The third-order valence-electron chi connectivity index (χ3n) is 14.9. The Balaban J connectivity index is 2.29. The molecule has 0 spiro atoms. The average Bonchev–Trinajstić information content (AvgIpc) is 0.994. The molecule has 1 aliphatic rings. The highest BCUT2D eigenvalue weighted by Crippen LogP contribution is 2.11. The van der Waals surface area contributed by atoms with Crippen LogP contribution in [0.3, 0.4) is 0 Å². The summed E-state index contributed by atoms with van der Waals surface area (Å²) < 4.78 is 48.3. The Kier molecular flexibility index (Phi) is 56.4. The van der Waals surface area contributed by atoms with Crippen LogP contribution in [0.1, 0.15) is 44.1 Å². The number of nitrogens with zero attached hydrogens (tertiary/aromatic N) is 1. The minimum Gasteiger partial charge on any atom is -0.481 e. The number of hydrogen-bond donors (Lipinski definition) is 20. The molecule has 0 radical (unpaired) electrons. The Labute approximate surface area is 667 Å². The molecular weight excluding hydrogens is 1560 g/mol. The summed E-state index contributed by atoms with van der Waals surface area (Å²) in [7, 11) is 0. The van der Waals surface area contributed by atoms with Gasteiger partial charge in [0.05, 0.1) is 111 Å². The van der Waals surface area contributed by atoms with Gasteiger partial charge in [-0.25, -0.2) is 5.90 Å². The van der Waals surface area contributed by atoms with Gasteiger partial charge in [-0.3, -0.25) is 81.7 Å². The van der Waals surface area contributed by atoms with Crippen molar-refractivity contribution in [3.05, 3.63) is 35.9 Å². The molecule has 7 atom stereocenters. The van der Waals surface area contributed by atoms with Gasteiger partial charge in [0, 0.05) is 62.9 Å². The van der Waals surface area contributed by atoms with Crippen LogP contribution in [0.2, 0.25) is 0 Å². The summed E-state index contributed by atoms with van der Waals surface area (Å²) in [6, 6.07) is -2.52. The number of carboxylic acids is 1. The predicted octanol–water partition coefficient (Wildman–Crippen LogP) is -9.85. The Morgan fingerprint density at radius 2 is 0.876 bits per heavy atom. The second-order valence-corrected chi connectivity index (χ2v) is 25.9. The summed E-state index contributed by atoms with van der Waals surface area (Å²) in [6.45, 7) is 0.475. The fourth-order valence-electron chi connectivity index (χ4n) is 9.38. The molecule has 1 fully saturated rings. The van der Waals surface area contributed by atoms with Gasteiger partial charge in [-0.15, -0.1) is 11.8 Å². The van der Waals surface area contributed by atoms with Crippen LogP contribution >= 0.6 is 37.0 Å². The highest BCUT2D eigenvalue weighted by molar-refractivity contribution is 8.00. The number of carboxylic acid groups (broad SMARTS) is 1. The van der Waals surface area contributed by atoms with Crippen molar-refractivity contribution < 1.29 is 124 Å². The van der Waals surface area contributed by atoms with Crippen LogP contribution in [0, 0.1) is 0 Å². The van der Waals surface area contributed by atoms with E-state index in [0.29, 0.717) is 38.5 Å². The fourth-order valence-corrected chi connectivity index (χ4v) is 10.8. The molecule has 0 aromatic heterocycles. The third kappa shape index (κ3) is 51.5. The van der Waals surface area contributed by atoms with Crippen molar-refractivity contribution in [2.75, 3.05) is 194 Å². The first-order valence-corrected chi connectivity index (χ1v) is 38.4. The van der Waals surface area contributed by atoms with Crippen LogP contribution in [-0.2, 0) is 126 Å². The highest BCUT2D eigenvalue weighted by Gasteiger charge is 2.34. The maximum Gasteiger partial charge on any atom is 0.305 e. The topological polar surface area (TPSA) is 641 Å². The number of rotatable bonds is 53. The van der Waals surface area contributed by atoms with Crippen molar-refractivity contribution in [3.8, 4) is 0 Å². The van der Waals surface area contributed by atoms with Gasteiger partial charge < -0.3 is 134 Å². The number of aliphatic imine (C=N–C) groups is 1. The molecule has 1 saturated heterocycles. The number of carbonyl (C=O) groups excluding carboxylic acids is 14. The molecule has 113 heavy (non-hydrogen) atoms. The first-order chi connectivity index (χ1) is 54.3. The van der Waals surface area contributed by atoms with Crippen LogP contribution in [0.15, 0.2) is 35.3 Å². The molecule has 0 aliphatic carbocycles. The number of aliphatic carboxylic acids is 1. The lowest BCUT2D eigenvalue weighted by atomic mass is 10.0. The summed E-state index contributed by atoms with van der Waals surface area (Å²) >= 11 is 9.36. The standard InChI is InChI=1S/C66H110N18O26S3/c67-51(85)34-108-35-54(88)72-13-17-101-21-25-105-28-24-104-20-16-75-60(95)50-41-113-42-57(91)78-45(9-4-5-11-71-53(87)36-109-37-55(89)73-14-18-102-22-26-106-29-30-107-27-23-103-19-15-74-56(90)38-110-70)61(96)82-48(39-111)64(99)80-44(10-6-12-76-66(68)69)59(94)77-33-52(86)79-47(32-58(92)93)63(98)83-49(40-112)65(100)81-46(62(97)84-50)31-43-7-2-1-3-8-43/h1-3,7-8,44-50,111-112H,4-6,9-42,70H2,(H2,67,85)(H,71,87)(H,72,88)(H,73,89)(H,74,90)(H,75,95)(H,77,94)(H,78,91)(H,79,86)(H,80,99)(H,81,100)(H,82,96)(H,83,98)(H,84,97)(H,92,93)(H4,68,69,76)/t44-,45-,46-,47-,48-,49-,50-/m0/s1. The second-order valence-electron chi connectivity index (χ2n) is 24.1. The van der Waals surface area contributed by atoms with Gasteiger partial charge in [-0.05, 0) is 37.7 Å². The monoisotopic (exact) mass is 1670 g/mol. The van der Waals surface area contributed by atoms with E-state index in [-0.39, 0.29) is 174 Å². The molecule has 47 heteroatoms. The number of carbonyl (C=O) groups is 15. The van der Waals surface area contributed by atoms with E-state index in [1.54, 1.807) is 30.3 Å². The predicted molar refractivity (Wildman–Crippen MR) is 409 cm³/mol. The highest BCUT2D eigenvalue weighted by atomic mass is 32.2. The lowest BCUT2D eigenvalue weighted by Crippen LogP contribution is -2.60. The Hall–Kier alpha value is -8.85. The SMILES string of the molecule is NOCC(=O)NCCOCCOCCOCCOCCNC(=O)COCC(=O)NCCCC[C@@H]1NC(=O)CSC[C@@H](C(=O)NCCOCCOCCOCCNC(=O)COCC(N)=O)NC(=O)[C@H](Cc2ccccc2)NC(=O)[C@H](CS)NC(=O)[C@H](CC(=O)O)NC(=O)CNC(=O)[C@H](CCCN=C(N)N)NC(=O)[C@H](CS)NC1=O. The van der Waals surface area contributed by atoms with Gasteiger partial charge in [0.15, 0.2) is 5.96 Å². The van der Waals surface area contributed by atoms with Crippen LogP contribution in [0.25, 0.3) is 0 Å². The molecule has 14 amide bonds. The normalized spacial score (nSPS) is 18.5. The van der Waals surface area contributed by atoms with Crippen LogP contribution in [0.5, 0.6) is 0 Å². The molecule has 0 unspecified atom stereocenters. The van der Waals surface area contributed by atoms with Crippen LogP contribution in [-0.4, -0.2) is 336 Å². The van der Waals surface area contributed by atoms with Crippen molar-refractivity contribution in [3.63, 3.8) is 0 Å². The van der Waals surface area contributed by atoms with E-state index in [2.05, 4.69) is 104 Å². The molecule has 22 N–H and O–H groups in total. The Morgan fingerprint density at radius 3 is 1.36 bits per heavy atom. The van der Waals surface area contributed by atoms with Crippen molar-refractivity contribution in [1.82, 2.24) is 69.1 Å². The number of thioether (sulfide) groups is 1. The quantitative estimate of drug-likeness (QED) is 0.00947. The zero-order valence-electron chi connectivity index (χ0n) is 62.8. The number of nitrogens with one attached hydrogen (secondary N) is 13. The van der Waals surface area contributed by atoms with E-state index in [4.69, 9.17) is 65.7 Å². The molecule has 0 saturated carbocycles. The smallest absolute Gasteiger partial charge is 0.305 e. The Bertz CT molecular complexity index is 3110. The number of amides is 14. The van der Waals surface area contributed by atoms with E-state index in [1.807, 2.05) is 0 Å². The average molecular weight is 1670 g/mol. The van der Waals surface area contributed by atoms with E-state index in [1.165, 1.54) is 0 Å². The molecule has 2 rings (SSSR count). The van der Waals surface area contributed by atoms with Crippen LogP contribution < -0.4 is 92.2 Å². The number of primary amides is 1. The van der Waals surface area contributed by atoms with Gasteiger partial charge in [-0.1, -0.05) is 30.3 Å². The number of unbranched alkanes of at least 4 members (excludes halogenated alkanes) is 1. The first kappa shape index (κ1) is 100. The number of ether oxygens (including phenoxy) is 9. The molecule has 1 aliphatic heterocycles. The number of hydrogen-bond acceptors (Lipinski definition) is 30. The molecule has 638 valence electrons. The van der Waals surface area contributed by atoms with E-state index in [9.17, 15) is 77.0 Å². The van der Waals surface area contributed by atoms with Crippen LogP contribution in [0.4, 0.5) is 0 Å². The zero-order chi connectivity index (χ0) is 83.2. The zero-order valence-corrected chi connectivity index (χ0v) is 65.4. The summed E-state index contributed by atoms with van der Waals surface area (Å²) in [5, 5.41) is 42.6. The van der Waals surface area contributed by atoms with Crippen molar-refractivity contribution in [1.29, 1.82) is 0 Å². The molecule has 0 bridgehead atoms. The molecule has 1 heterocycles. The lowest BCUT2D eigenvalue weighted by molar-refractivity contribution is -0.141. The third-order valence-corrected chi connectivity index (χ3v) is 16.7. The van der Waals surface area contributed by atoms with Gasteiger partial charge in [0.2, 0.25) is 82.7 Å². The summed E-state index contributed by atoms with van der Waals surface area (Å²) in [6.07, 6.45) is -1.09. The maximum absolute atomic E-state index is 14.5. The van der Waals surface area contributed by atoms with Gasteiger partial charge in [0.1, 0.15) is 75.3 Å². The number of thiol groups is 2. The molecule has 44 nitrogen and oxygen atoms in total. The molecule has 1 aromatic rings. The van der Waals surface area contributed by atoms with Crippen molar-refractivity contribution in [2.24, 2.45) is 28.1 Å². The van der Waals surface area contributed by atoms with Gasteiger partial charge in [0.25, 0.3) is 0 Å². The number of guanidine groups is 1. The fraction of sp³-hybridized carbons (Fsp3) is 0.667. The molecule has 1 aromatic carbocycles. The van der Waals surface area contributed by atoms with Gasteiger partial charge in [-0.2, -0.15) is 25.3 Å². The second kappa shape index (κ2) is 63.5. The lowest BCUT2D eigenvalue weighted by Gasteiger charge is -2.26. The van der Waals surface area contributed by atoms with E-state index < -0.39 is 169 Å². The van der Waals surface area contributed by atoms with E-state index >= 15 is 0 Å². The summed E-state index contributed by atoms with van der Waals surface area (Å²) in [4.78, 5) is 205. The van der Waals surface area contributed by atoms with Crippen molar-refractivity contribution >= 4 is 132 Å². The largest absolute Gasteiger partial charge is 0.481 e. The minimum atomic E-state index is -1.88. The summed E-state index contributed by atoms with van der Waals surface area (Å²) in [5.41, 5.74) is 16.5. The minimum absolute atomic E-state index is 0.0323. The number of benzene rings is 1. The number of nitrogens with two attached hydrogens (primary N) is 4. The van der Waals surface area contributed by atoms with Crippen molar-refractivity contribution in [2.45, 2.75) is 87.2 Å². The maximum atomic E-state index is 14.5. The first-order valence-electron chi connectivity index (χ1n) is 36.0.